The summed E-state index contributed by atoms with van der Waals surface area (Å²) < 4.78 is 0. The number of carbonyl (C=O) groups is 1. The van der Waals surface area contributed by atoms with Gasteiger partial charge in [0.2, 0.25) is 0 Å². The molecule has 0 saturated heterocycles. The second-order valence-electron chi connectivity index (χ2n) is 6.50. The molecule has 1 rings (SSSR count). The van der Waals surface area contributed by atoms with Gasteiger partial charge in [0, 0.05) is 18.2 Å². The average molecular weight is 304 g/mol. The van der Waals surface area contributed by atoms with Crippen LogP contribution in [0.15, 0.2) is 24.3 Å². The number of carbonyl (C=O) groups excluding carboxylic acids is 1. The second kappa shape index (κ2) is 9.62. The van der Waals surface area contributed by atoms with Crippen LogP contribution in [-0.2, 0) is 6.54 Å². The zero-order chi connectivity index (χ0) is 16.5. The molecule has 1 unspecified atom stereocenters. The molecular weight excluding hydrogens is 272 g/mol. The van der Waals surface area contributed by atoms with Crippen LogP contribution >= 0.6 is 0 Å². The van der Waals surface area contributed by atoms with Crippen molar-refractivity contribution in [1.29, 1.82) is 0 Å². The van der Waals surface area contributed by atoms with Gasteiger partial charge in [0.15, 0.2) is 0 Å². The van der Waals surface area contributed by atoms with E-state index in [1.165, 1.54) is 5.56 Å². The van der Waals surface area contributed by atoms with E-state index in [-0.39, 0.29) is 11.9 Å². The molecule has 0 spiro atoms. The van der Waals surface area contributed by atoms with E-state index < -0.39 is 0 Å². The first-order chi connectivity index (χ1) is 10.5. The molecule has 0 heterocycles. The Bertz CT molecular complexity index is 435. The van der Waals surface area contributed by atoms with Gasteiger partial charge in [0.25, 0.3) is 5.91 Å². The fourth-order valence-electron chi connectivity index (χ4n) is 2.43. The van der Waals surface area contributed by atoms with Gasteiger partial charge in [-0.15, -0.1) is 0 Å². The first-order valence-electron chi connectivity index (χ1n) is 8.58. The van der Waals surface area contributed by atoms with Crippen LogP contribution in [-0.4, -0.2) is 29.9 Å². The quantitative estimate of drug-likeness (QED) is 0.745. The van der Waals surface area contributed by atoms with E-state index in [0.29, 0.717) is 5.92 Å². The highest BCUT2D eigenvalue weighted by Crippen LogP contribution is 2.10. The van der Waals surface area contributed by atoms with Gasteiger partial charge in [-0.05, 0) is 56.5 Å². The Labute approximate surface area is 136 Å². The average Bonchev–Trinajstić information content (AvgIpc) is 2.51. The summed E-state index contributed by atoms with van der Waals surface area (Å²) in [7, 11) is 0. The van der Waals surface area contributed by atoms with E-state index in [1.807, 2.05) is 12.1 Å². The highest BCUT2D eigenvalue weighted by atomic mass is 16.1. The maximum Gasteiger partial charge on any atom is 0.251 e. The number of nitrogens with zero attached hydrogens (tertiary/aromatic N) is 1. The smallest absolute Gasteiger partial charge is 0.251 e. The zero-order valence-corrected chi connectivity index (χ0v) is 14.9. The van der Waals surface area contributed by atoms with E-state index in [1.54, 1.807) is 0 Å². The molecule has 0 aliphatic rings. The first-order valence-corrected chi connectivity index (χ1v) is 8.58. The summed E-state index contributed by atoms with van der Waals surface area (Å²) in [6.07, 6.45) is 2.17. The summed E-state index contributed by atoms with van der Waals surface area (Å²) in [4.78, 5) is 14.6. The lowest BCUT2D eigenvalue weighted by Gasteiger charge is -2.18. The molecule has 1 aromatic rings. The Morgan fingerprint density at radius 3 is 2.14 bits per heavy atom. The lowest BCUT2D eigenvalue weighted by molar-refractivity contribution is 0.0937. The number of hydrogen-bond donors (Lipinski definition) is 1. The van der Waals surface area contributed by atoms with E-state index >= 15 is 0 Å². The Balaban J connectivity index is 2.53. The Morgan fingerprint density at radius 2 is 1.64 bits per heavy atom. The number of amides is 1. The maximum atomic E-state index is 12.2. The first kappa shape index (κ1) is 18.7. The normalized spacial score (nSPS) is 12.7. The second-order valence-corrected chi connectivity index (χ2v) is 6.50. The third kappa shape index (κ3) is 6.61. The third-order valence-corrected chi connectivity index (χ3v) is 4.07. The van der Waals surface area contributed by atoms with E-state index in [4.69, 9.17) is 0 Å². The molecule has 1 aromatic carbocycles. The Morgan fingerprint density at radius 1 is 1.05 bits per heavy atom. The minimum absolute atomic E-state index is 0.0330. The van der Waals surface area contributed by atoms with Crippen LogP contribution in [0.4, 0.5) is 0 Å². The molecule has 124 valence electrons. The van der Waals surface area contributed by atoms with Crippen LogP contribution in [0.25, 0.3) is 0 Å². The Hall–Kier alpha value is -1.35. The van der Waals surface area contributed by atoms with E-state index in [0.717, 1.165) is 38.0 Å². The number of hydrogen-bond acceptors (Lipinski definition) is 2. The van der Waals surface area contributed by atoms with Crippen molar-refractivity contribution < 1.29 is 4.79 Å². The number of rotatable bonds is 9. The molecule has 1 atom stereocenters. The van der Waals surface area contributed by atoms with Crippen LogP contribution in [0.1, 0.15) is 63.4 Å². The molecule has 0 aromatic heterocycles. The fraction of sp³-hybridized carbons (Fsp3) is 0.632. The van der Waals surface area contributed by atoms with Crippen molar-refractivity contribution in [3.63, 3.8) is 0 Å². The molecule has 1 N–H and O–H groups in total. The molecular formula is C19H32N2O. The summed E-state index contributed by atoms with van der Waals surface area (Å²) >= 11 is 0. The molecule has 0 aliphatic heterocycles. The van der Waals surface area contributed by atoms with Crippen LogP contribution in [0.2, 0.25) is 0 Å². The van der Waals surface area contributed by atoms with Gasteiger partial charge in [-0.3, -0.25) is 9.69 Å². The summed E-state index contributed by atoms with van der Waals surface area (Å²) in [5, 5.41) is 3.08. The Kier molecular flexibility index (Phi) is 8.18. The SMILES string of the molecule is CCN(CC)Cc1ccc(C(=O)NC(C)CCC(C)C)cc1. The molecule has 1 amide bonds. The molecule has 0 saturated carbocycles. The topological polar surface area (TPSA) is 32.3 Å². The number of benzene rings is 1. The molecule has 0 fully saturated rings. The van der Waals surface area contributed by atoms with Crippen molar-refractivity contribution in [2.45, 2.75) is 60.0 Å². The van der Waals surface area contributed by atoms with Crippen LogP contribution in [0, 0.1) is 5.92 Å². The molecule has 0 radical (unpaired) electrons. The van der Waals surface area contributed by atoms with E-state index in [9.17, 15) is 4.79 Å². The predicted molar refractivity (Wildman–Crippen MR) is 94.1 cm³/mol. The lowest BCUT2D eigenvalue weighted by atomic mass is 10.0. The van der Waals surface area contributed by atoms with Crippen molar-refractivity contribution in [1.82, 2.24) is 10.2 Å². The van der Waals surface area contributed by atoms with Crippen molar-refractivity contribution in [3.05, 3.63) is 35.4 Å². The number of nitrogens with one attached hydrogen (secondary N) is 1. The zero-order valence-electron chi connectivity index (χ0n) is 14.9. The van der Waals surface area contributed by atoms with Crippen molar-refractivity contribution in [2.75, 3.05) is 13.1 Å². The standard InChI is InChI=1S/C19H32N2O/c1-6-21(7-2)14-17-10-12-18(13-11-17)19(22)20-16(5)9-8-15(3)4/h10-13,15-16H,6-9,14H2,1-5H3,(H,20,22). The lowest BCUT2D eigenvalue weighted by Crippen LogP contribution is -2.32. The minimum Gasteiger partial charge on any atom is -0.350 e. The van der Waals surface area contributed by atoms with Gasteiger partial charge in [-0.2, -0.15) is 0 Å². The molecule has 3 nitrogen and oxygen atoms in total. The van der Waals surface area contributed by atoms with Gasteiger partial charge in [0.1, 0.15) is 0 Å². The van der Waals surface area contributed by atoms with Gasteiger partial charge >= 0.3 is 0 Å². The summed E-state index contributed by atoms with van der Waals surface area (Å²) in [5.74, 6) is 0.712. The minimum atomic E-state index is 0.0330. The van der Waals surface area contributed by atoms with Crippen LogP contribution < -0.4 is 5.32 Å². The molecule has 3 heteroatoms. The van der Waals surface area contributed by atoms with Gasteiger partial charge < -0.3 is 5.32 Å². The maximum absolute atomic E-state index is 12.2. The van der Waals surface area contributed by atoms with Gasteiger partial charge in [-0.25, -0.2) is 0 Å². The van der Waals surface area contributed by atoms with Gasteiger partial charge in [0.05, 0.1) is 0 Å². The van der Waals surface area contributed by atoms with Crippen molar-refractivity contribution in [3.8, 4) is 0 Å². The fourth-order valence-corrected chi connectivity index (χ4v) is 2.43. The summed E-state index contributed by atoms with van der Waals surface area (Å²) in [6, 6.07) is 8.22. The van der Waals surface area contributed by atoms with E-state index in [2.05, 4.69) is 57.0 Å². The van der Waals surface area contributed by atoms with Crippen LogP contribution in [0.5, 0.6) is 0 Å². The molecule has 22 heavy (non-hydrogen) atoms. The van der Waals surface area contributed by atoms with Crippen molar-refractivity contribution >= 4 is 5.91 Å². The summed E-state index contributed by atoms with van der Waals surface area (Å²) in [5.41, 5.74) is 2.01. The van der Waals surface area contributed by atoms with Crippen molar-refractivity contribution in [2.24, 2.45) is 5.92 Å². The molecule has 0 bridgehead atoms. The summed E-state index contributed by atoms with van der Waals surface area (Å²) in [6.45, 7) is 13.9. The highest BCUT2D eigenvalue weighted by Gasteiger charge is 2.10. The van der Waals surface area contributed by atoms with Gasteiger partial charge in [-0.1, -0.05) is 39.8 Å². The molecule has 0 aliphatic carbocycles. The van der Waals surface area contributed by atoms with Crippen LogP contribution in [0.3, 0.4) is 0 Å². The largest absolute Gasteiger partial charge is 0.350 e. The predicted octanol–water partition coefficient (Wildman–Crippen LogP) is 4.08. The monoisotopic (exact) mass is 304 g/mol. The highest BCUT2D eigenvalue weighted by molar-refractivity contribution is 5.94. The third-order valence-electron chi connectivity index (χ3n) is 4.07.